The number of rotatable bonds is 5. The van der Waals surface area contributed by atoms with Gasteiger partial charge in [-0.2, -0.15) is 0 Å². The van der Waals surface area contributed by atoms with Crippen LogP contribution in [0.15, 0.2) is 54.6 Å². The number of methoxy groups -OCH3 is 1. The smallest absolute Gasteiger partial charge is 0.258 e. The number of ether oxygens (including phenoxy) is 1. The molecule has 0 radical (unpaired) electrons. The fourth-order valence-corrected chi connectivity index (χ4v) is 2.03. The van der Waals surface area contributed by atoms with Crippen LogP contribution in [0.5, 0.6) is 0 Å². The molecule has 2 aromatic carbocycles. The van der Waals surface area contributed by atoms with Crippen molar-refractivity contribution >= 4 is 17.5 Å². The molecule has 2 aromatic rings. The van der Waals surface area contributed by atoms with E-state index < -0.39 is 12.0 Å². The Labute approximate surface area is 122 Å². The Kier molecular flexibility index (Phi) is 4.68. The zero-order chi connectivity index (χ0) is 15.2. The molecule has 0 aliphatic rings. The number of hydrogen-bond acceptors (Lipinski definition) is 3. The Bertz CT molecular complexity index is 641. The fraction of sp³-hybridized carbons (Fsp3) is 0.125. The van der Waals surface area contributed by atoms with E-state index in [2.05, 4.69) is 5.32 Å². The maximum Gasteiger partial charge on any atom is 0.258 e. The molecule has 1 unspecified atom stereocenters. The molecule has 0 heterocycles. The number of anilines is 1. The van der Waals surface area contributed by atoms with Crippen LogP contribution in [0.25, 0.3) is 0 Å². The number of carbonyl (C=O) groups excluding carboxylic acids is 2. The Morgan fingerprint density at radius 1 is 1.05 bits per heavy atom. The predicted octanol–water partition coefficient (Wildman–Crippen LogP) is 2.11. The Morgan fingerprint density at radius 3 is 2.29 bits per heavy atom. The summed E-state index contributed by atoms with van der Waals surface area (Å²) in [5, 5.41) is 2.68. The summed E-state index contributed by atoms with van der Waals surface area (Å²) in [5.41, 5.74) is 6.65. The van der Waals surface area contributed by atoms with Crippen LogP contribution >= 0.6 is 0 Å². The van der Waals surface area contributed by atoms with E-state index in [4.69, 9.17) is 10.5 Å². The van der Waals surface area contributed by atoms with Crippen molar-refractivity contribution in [1.82, 2.24) is 0 Å². The molecular formula is C16H16N2O3. The lowest BCUT2D eigenvalue weighted by Gasteiger charge is -2.16. The minimum Gasteiger partial charge on any atom is -0.367 e. The van der Waals surface area contributed by atoms with Crippen molar-refractivity contribution in [2.45, 2.75) is 6.10 Å². The van der Waals surface area contributed by atoms with E-state index in [1.165, 1.54) is 7.11 Å². The summed E-state index contributed by atoms with van der Waals surface area (Å²) < 4.78 is 5.24. The Balaban J connectivity index is 2.23. The highest BCUT2D eigenvalue weighted by atomic mass is 16.5. The third kappa shape index (κ3) is 3.46. The standard InChI is InChI=1S/C16H16N2O3/c1-21-14(11-7-3-2-4-8-11)16(20)18-13-10-6-5-9-12(13)15(17)19/h2-10,14H,1H3,(H2,17,19)(H,18,20). The molecule has 5 heteroatoms. The molecule has 0 bridgehead atoms. The topological polar surface area (TPSA) is 81.4 Å². The van der Waals surface area contributed by atoms with Crippen molar-refractivity contribution in [3.63, 3.8) is 0 Å². The van der Waals surface area contributed by atoms with Gasteiger partial charge in [-0.25, -0.2) is 0 Å². The van der Waals surface area contributed by atoms with Crippen molar-refractivity contribution < 1.29 is 14.3 Å². The Morgan fingerprint density at radius 2 is 1.67 bits per heavy atom. The van der Waals surface area contributed by atoms with E-state index >= 15 is 0 Å². The molecule has 108 valence electrons. The third-order valence-electron chi connectivity index (χ3n) is 3.03. The molecule has 0 fully saturated rings. The highest BCUT2D eigenvalue weighted by Crippen LogP contribution is 2.21. The maximum absolute atomic E-state index is 12.3. The van der Waals surface area contributed by atoms with Gasteiger partial charge in [0.2, 0.25) is 0 Å². The van der Waals surface area contributed by atoms with E-state index in [9.17, 15) is 9.59 Å². The number of nitrogens with two attached hydrogens (primary N) is 1. The first kappa shape index (κ1) is 14.7. The zero-order valence-electron chi connectivity index (χ0n) is 11.6. The van der Waals surface area contributed by atoms with Crippen LogP contribution in [-0.2, 0) is 9.53 Å². The third-order valence-corrected chi connectivity index (χ3v) is 3.03. The summed E-state index contributed by atoms with van der Waals surface area (Å²) in [6.45, 7) is 0. The minimum absolute atomic E-state index is 0.258. The van der Waals surface area contributed by atoms with E-state index in [0.717, 1.165) is 5.56 Å². The molecule has 21 heavy (non-hydrogen) atoms. The molecular weight excluding hydrogens is 268 g/mol. The molecule has 2 rings (SSSR count). The van der Waals surface area contributed by atoms with Gasteiger partial charge >= 0.3 is 0 Å². The fourth-order valence-electron chi connectivity index (χ4n) is 2.03. The monoisotopic (exact) mass is 284 g/mol. The zero-order valence-corrected chi connectivity index (χ0v) is 11.6. The molecule has 0 aromatic heterocycles. The summed E-state index contributed by atoms with van der Waals surface area (Å²) in [6.07, 6.45) is -0.757. The second-order valence-corrected chi connectivity index (χ2v) is 4.43. The summed E-state index contributed by atoms with van der Waals surface area (Å²) in [5.74, 6) is -0.961. The highest BCUT2D eigenvalue weighted by Gasteiger charge is 2.21. The SMILES string of the molecule is COC(C(=O)Nc1ccccc1C(N)=O)c1ccccc1. The lowest BCUT2D eigenvalue weighted by molar-refractivity contribution is -0.126. The lowest BCUT2D eigenvalue weighted by atomic mass is 10.1. The molecule has 0 saturated heterocycles. The Hall–Kier alpha value is -2.66. The summed E-state index contributed by atoms with van der Waals surface area (Å²) >= 11 is 0. The van der Waals surface area contributed by atoms with Gasteiger partial charge in [-0.15, -0.1) is 0 Å². The molecule has 3 N–H and O–H groups in total. The van der Waals surface area contributed by atoms with Crippen LogP contribution in [0.1, 0.15) is 22.0 Å². The molecule has 1 atom stereocenters. The van der Waals surface area contributed by atoms with Crippen molar-refractivity contribution in [1.29, 1.82) is 0 Å². The predicted molar refractivity (Wildman–Crippen MR) is 79.8 cm³/mol. The van der Waals surface area contributed by atoms with Crippen LogP contribution in [0.3, 0.4) is 0 Å². The average molecular weight is 284 g/mol. The van der Waals surface area contributed by atoms with Crippen LogP contribution in [0.4, 0.5) is 5.69 Å². The summed E-state index contributed by atoms with van der Waals surface area (Å²) in [6, 6.07) is 15.7. The van der Waals surface area contributed by atoms with Gasteiger partial charge in [-0.1, -0.05) is 42.5 Å². The highest BCUT2D eigenvalue weighted by molar-refractivity contribution is 6.04. The van der Waals surface area contributed by atoms with Crippen LogP contribution in [0.2, 0.25) is 0 Å². The van der Waals surface area contributed by atoms with Gasteiger partial charge in [0, 0.05) is 7.11 Å². The van der Waals surface area contributed by atoms with Gasteiger partial charge in [-0.05, 0) is 17.7 Å². The van der Waals surface area contributed by atoms with Gasteiger partial charge in [0.05, 0.1) is 11.3 Å². The summed E-state index contributed by atoms with van der Waals surface area (Å²) in [4.78, 5) is 23.7. The lowest BCUT2D eigenvalue weighted by Crippen LogP contribution is -2.24. The number of primary amides is 1. The number of carbonyl (C=O) groups is 2. The molecule has 0 aliphatic heterocycles. The molecule has 2 amide bonds. The normalized spacial score (nSPS) is 11.7. The second kappa shape index (κ2) is 6.67. The molecule has 0 aliphatic carbocycles. The van der Waals surface area contributed by atoms with E-state index in [1.807, 2.05) is 18.2 Å². The second-order valence-electron chi connectivity index (χ2n) is 4.43. The first-order valence-electron chi connectivity index (χ1n) is 6.41. The van der Waals surface area contributed by atoms with Gasteiger partial charge < -0.3 is 15.8 Å². The van der Waals surface area contributed by atoms with Crippen molar-refractivity contribution in [2.24, 2.45) is 5.73 Å². The quantitative estimate of drug-likeness (QED) is 0.882. The van der Waals surface area contributed by atoms with Crippen LogP contribution in [0, 0.1) is 0 Å². The van der Waals surface area contributed by atoms with Crippen LogP contribution < -0.4 is 11.1 Å². The van der Waals surface area contributed by atoms with Gasteiger partial charge in [-0.3, -0.25) is 9.59 Å². The minimum atomic E-state index is -0.757. The number of benzene rings is 2. The number of hydrogen-bond donors (Lipinski definition) is 2. The first-order chi connectivity index (χ1) is 10.1. The molecule has 5 nitrogen and oxygen atoms in total. The summed E-state index contributed by atoms with van der Waals surface area (Å²) in [7, 11) is 1.46. The average Bonchev–Trinajstić information content (AvgIpc) is 2.49. The van der Waals surface area contributed by atoms with E-state index in [0.29, 0.717) is 5.69 Å². The number of nitrogens with one attached hydrogen (secondary N) is 1. The van der Waals surface area contributed by atoms with Crippen LogP contribution in [-0.4, -0.2) is 18.9 Å². The largest absolute Gasteiger partial charge is 0.367 e. The van der Waals surface area contributed by atoms with Gasteiger partial charge in [0.1, 0.15) is 0 Å². The van der Waals surface area contributed by atoms with Gasteiger partial charge in [0.15, 0.2) is 6.10 Å². The molecule has 0 spiro atoms. The maximum atomic E-state index is 12.3. The van der Waals surface area contributed by atoms with E-state index in [-0.39, 0.29) is 11.5 Å². The number of para-hydroxylation sites is 1. The van der Waals surface area contributed by atoms with Gasteiger partial charge in [0.25, 0.3) is 11.8 Å². The van der Waals surface area contributed by atoms with Crippen molar-refractivity contribution in [3.05, 3.63) is 65.7 Å². The van der Waals surface area contributed by atoms with E-state index in [1.54, 1.807) is 36.4 Å². The van der Waals surface area contributed by atoms with Crippen molar-refractivity contribution in [2.75, 3.05) is 12.4 Å². The molecule has 0 saturated carbocycles. The number of amides is 2. The van der Waals surface area contributed by atoms with Crippen molar-refractivity contribution in [3.8, 4) is 0 Å². The first-order valence-corrected chi connectivity index (χ1v) is 6.41.